The predicted molar refractivity (Wildman–Crippen MR) is 74.0 cm³/mol. The minimum atomic E-state index is 0. The first kappa shape index (κ1) is 15.7. The molecule has 0 aromatic carbocycles. The van der Waals surface area contributed by atoms with Crippen LogP contribution >= 0.6 is 12.4 Å². The predicted octanol–water partition coefficient (Wildman–Crippen LogP) is 1.48. The maximum Gasteiger partial charge on any atom is 0.222 e. The number of hydrogen-bond acceptors (Lipinski definition) is 3. The summed E-state index contributed by atoms with van der Waals surface area (Å²) in [7, 11) is 0. The van der Waals surface area contributed by atoms with Crippen LogP contribution in [-0.2, 0) is 9.53 Å². The number of amides is 1. The number of carbonyl (C=O) groups is 1. The Hall–Kier alpha value is -0.320. The van der Waals surface area contributed by atoms with E-state index in [4.69, 9.17) is 4.74 Å². The van der Waals surface area contributed by atoms with Gasteiger partial charge in [0, 0.05) is 19.1 Å². The van der Waals surface area contributed by atoms with Gasteiger partial charge in [0.05, 0.1) is 19.1 Å². The molecule has 106 valence electrons. The zero-order valence-corrected chi connectivity index (χ0v) is 12.1. The van der Waals surface area contributed by atoms with E-state index in [0.717, 1.165) is 19.5 Å². The molecule has 5 heteroatoms. The smallest absolute Gasteiger partial charge is 0.222 e. The molecule has 1 aliphatic heterocycles. The number of nitrogens with one attached hydrogen (secondary N) is 2. The quantitative estimate of drug-likeness (QED) is 0.821. The van der Waals surface area contributed by atoms with Gasteiger partial charge in [-0.25, -0.2) is 0 Å². The normalized spacial score (nSPS) is 30.6. The fourth-order valence-corrected chi connectivity index (χ4v) is 2.81. The van der Waals surface area contributed by atoms with Crippen LogP contribution in [-0.4, -0.2) is 37.7 Å². The minimum absolute atomic E-state index is 0. The van der Waals surface area contributed by atoms with E-state index in [1.807, 2.05) is 0 Å². The molecule has 1 aliphatic carbocycles. The van der Waals surface area contributed by atoms with E-state index in [0.29, 0.717) is 19.1 Å². The summed E-state index contributed by atoms with van der Waals surface area (Å²) in [5, 5.41) is 6.41. The molecule has 0 spiro atoms. The Bertz CT molecular complexity index is 278. The van der Waals surface area contributed by atoms with Gasteiger partial charge in [0.2, 0.25) is 5.91 Å². The monoisotopic (exact) mass is 276 g/mol. The van der Waals surface area contributed by atoms with Crippen LogP contribution in [0.4, 0.5) is 0 Å². The van der Waals surface area contributed by atoms with Crippen LogP contribution in [0, 0.1) is 5.41 Å². The van der Waals surface area contributed by atoms with Gasteiger partial charge < -0.3 is 15.4 Å². The van der Waals surface area contributed by atoms with Crippen LogP contribution in [0.3, 0.4) is 0 Å². The van der Waals surface area contributed by atoms with Gasteiger partial charge in [-0.2, -0.15) is 0 Å². The first-order chi connectivity index (χ1) is 8.08. The molecule has 0 radical (unpaired) electrons. The van der Waals surface area contributed by atoms with E-state index in [-0.39, 0.29) is 29.8 Å². The molecular formula is C13H25ClN2O2. The highest BCUT2D eigenvalue weighted by Gasteiger charge is 2.35. The average Bonchev–Trinajstić information content (AvgIpc) is 2.59. The van der Waals surface area contributed by atoms with Crippen molar-refractivity contribution in [1.82, 2.24) is 10.6 Å². The fraction of sp³-hybridized carbons (Fsp3) is 0.923. The number of hydrogen-bond donors (Lipinski definition) is 2. The van der Waals surface area contributed by atoms with Gasteiger partial charge in [-0.1, -0.05) is 20.3 Å². The van der Waals surface area contributed by atoms with Crippen molar-refractivity contribution in [3.63, 3.8) is 0 Å². The first-order valence-electron chi connectivity index (χ1n) is 6.69. The molecule has 0 aromatic rings. The third-order valence-electron chi connectivity index (χ3n) is 4.01. The molecule has 0 aromatic heterocycles. The second-order valence-corrected chi connectivity index (χ2v) is 5.90. The first-order valence-corrected chi connectivity index (χ1v) is 6.69. The van der Waals surface area contributed by atoms with E-state index in [1.165, 1.54) is 12.8 Å². The van der Waals surface area contributed by atoms with E-state index in [2.05, 4.69) is 24.5 Å². The van der Waals surface area contributed by atoms with Crippen LogP contribution in [0.25, 0.3) is 0 Å². The lowest BCUT2D eigenvalue weighted by atomic mass is 9.87. The summed E-state index contributed by atoms with van der Waals surface area (Å²) in [6.07, 6.45) is 4.08. The number of rotatable bonds is 3. The fourth-order valence-electron chi connectivity index (χ4n) is 2.81. The van der Waals surface area contributed by atoms with E-state index < -0.39 is 0 Å². The van der Waals surface area contributed by atoms with Crippen molar-refractivity contribution < 1.29 is 9.53 Å². The molecule has 4 nitrogen and oxygen atoms in total. The number of ether oxygens (including phenoxy) is 1. The van der Waals surface area contributed by atoms with Crippen LogP contribution in [0.5, 0.6) is 0 Å². The maximum absolute atomic E-state index is 11.9. The Kier molecular flexibility index (Phi) is 5.89. The minimum Gasteiger partial charge on any atom is -0.375 e. The Labute approximate surface area is 116 Å². The molecule has 2 rings (SSSR count). The highest BCUT2D eigenvalue weighted by Crippen LogP contribution is 2.37. The third-order valence-corrected chi connectivity index (χ3v) is 4.01. The molecule has 2 unspecified atom stereocenters. The third kappa shape index (κ3) is 4.11. The van der Waals surface area contributed by atoms with Crippen molar-refractivity contribution in [2.75, 3.05) is 19.7 Å². The van der Waals surface area contributed by atoms with E-state index in [9.17, 15) is 4.79 Å². The van der Waals surface area contributed by atoms with Crippen LogP contribution in [0.15, 0.2) is 0 Å². The van der Waals surface area contributed by atoms with E-state index in [1.54, 1.807) is 0 Å². The van der Waals surface area contributed by atoms with Crippen molar-refractivity contribution >= 4 is 18.3 Å². The van der Waals surface area contributed by atoms with Gasteiger partial charge in [0.15, 0.2) is 0 Å². The van der Waals surface area contributed by atoms with Gasteiger partial charge in [0.25, 0.3) is 0 Å². The number of carbonyl (C=O) groups excluding carboxylic acids is 1. The van der Waals surface area contributed by atoms with Gasteiger partial charge in [-0.3, -0.25) is 4.79 Å². The van der Waals surface area contributed by atoms with Crippen molar-refractivity contribution in [3.05, 3.63) is 0 Å². The topological polar surface area (TPSA) is 50.4 Å². The Morgan fingerprint density at radius 1 is 1.50 bits per heavy atom. The lowest BCUT2D eigenvalue weighted by molar-refractivity contribution is -0.125. The van der Waals surface area contributed by atoms with E-state index >= 15 is 0 Å². The summed E-state index contributed by atoms with van der Waals surface area (Å²) in [5.41, 5.74) is 0.251. The Balaban J connectivity index is 0.00000162. The number of halogens is 1. The van der Waals surface area contributed by atoms with Crippen molar-refractivity contribution in [3.8, 4) is 0 Å². The molecule has 2 atom stereocenters. The Morgan fingerprint density at radius 2 is 2.28 bits per heavy atom. The van der Waals surface area contributed by atoms with Crippen LogP contribution < -0.4 is 10.6 Å². The lowest BCUT2D eigenvalue weighted by Gasteiger charge is -2.29. The summed E-state index contributed by atoms with van der Waals surface area (Å²) >= 11 is 0. The van der Waals surface area contributed by atoms with Crippen molar-refractivity contribution in [1.29, 1.82) is 0 Å². The standard InChI is InChI=1S/C13H24N2O2.ClH/c1-13(2)5-3-4-11(13)15-12(16)8-10-9-14-6-7-17-10;/h10-11,14H,3-9H2,1-2H3,(H,15,16);1H. The molecule has 18 heavy (non-hydrogen) atoms. The van der Waals surface area contributed by atoms with Gasteiger partial charge in [-0.05, 0) is 18.3 Å². The molecular weight excluding hydrogens is 252 g/mol. The highest BCUT2D eigenvalue weighted by atomic mass is 35.5. The molecule has 2 N–H and O–H groups in total. The summed E-state index contributed by atoms with van der Waals surface area (Å²) in [4.78, 5) is 11.9. The molecule has 1 amide bonds. The molecule has 2 fully saturated rings. The largest absolute Gasteiger partial charge is 0.375 e. The second-order valence-electron chi connectivity index (χ2n) is 5.90. The molecule has 0 bridgehead atoms. The molecule has 1 saturated heterocycles. The van der Waals surface area contributed by atoms with Crippen molar-refractivity contribution in [2.45, 2.75) is 51.7 Å². The molecule has 1 heterocycles. The summed E-state index contributed by atoms with van der Waals surface area (Å²) in [6.45, 7) is 6.88. The Morgan fingerprint density at radius 3 is 2.83 bits per heavy atom. The van der Waals surface area contributed by atoms with Crippen LogP contribution in [0.2, 0.25) is 0 Å². The average molecular weight is 277 g/mol. The molecule has 2 aliphatic rings. The summed E-state index contributed by atoms with van der Waals surface area (Å²) in [5.74, 6) is 0.138. The van der Waals surface area contributed by atoms with Crippen LogP contribution in [0.1, 0.15) is 39.5 Å². The lowest BCUT2D eigenvalue weighted by Crippen LogP contribution is -2.45. The van der Waals surface area contributed by atoms with Gasteiger partial charge in [-0.15, -0.1) is 12.4 Å². The summed E-state index contributed by atoms with van der Waals surface area (Å²) < 4.78 is 5.54. The summed E-state index contributed by atoms with van der Waals surface area (Å²) in [6, 6.07) is 0.339. The SMILES string of the molecule is CC1(C)CCCC1NC(=O)CC1CNCCO1.Cl. The highest BCUT2D eigenvalue weighted by molar-refractivity contribution is 5.85. The zero-order chi connectivity index (χ0) is 12.3. The number of morpholine rings is 1. The van der Waals surface area contributed by atoms with Crippen molar-refractivity contribution in [2.24, 2.45) is 5.41 Å². The maximum atomic E-state index is 11.9. The second kappa shape index (κ2) is 6.73. The van der Waals surface area contributed by atoms with Gasteiger partial charge >= 0.3 is 0 Å². The van der Waals surface area contributed by atoms with Gasteiger partial charge in [0.1, 0.15) is 0 Å². The molecule has 1 saturated carbocycles. The zero-order valence-electron chi connectivity index (χ0n) is 11.3.